The van der Waals surface area contributed by atoms with E-state index in [1.54, 1.807) is 0 Å². The molecule has 0 spiro atoms. The first-order valence-corrected chi connectivity index (χ1v) is 6.29. The first-order valence-electron chi connectivity index (χ1n) is 6.29. The van der Waals surface area contributed by atoms with Gasteiger partial charge in [-0.15, -0.1) is 0 Å². The Labute approximate surface area is 92.2 Å². The molecule has 3 nitrogen and oxygen atoms in total. The van der Waals surface area contributed by atoms with E-state index in [4.69, 9.17) is 0 Å². The van der Waals surface area contributed by atoms with Crippen LogP contribution in [0.3, 0.4) is 0 Å². The number of likely N-dealkylation sites (tertiary alicyclic amines) is 1. The number of nitrogens with zero attached hydrogens (tertiary/aromatic N) is 1. The van der Waals surface area contributed by atoms with Crippen molar-refractivity contribution in [1.29, 1.82) is 0 Å². The molecule has 1 unspecified atom stereocenters. The molecule has 0 aromatic heterocycles. The van der Waals surface area contributed by atoms with E-state index < -0.39 is 0 Å². The SMILES string of the molecule is CC1CCCN(C(=O)[C@H]2CCCN2)CC1. The Morgan fingerprint density at radius 3 is 2.80 bits per heavy atom. The predicted octanol–water partition coefficient (Wildman–Crippen LogP) is 1.39. The zero-order chi connectivity index (χ0) is 10.7. The van der Waals surface area contributed by atoms with Crippen molar-refractivity contribution < 1.29 is 4.79 Å². The van der Waals surface area contributed by atoms with Crippen molar-refractivity contribution in [3.63, 3.8) is 0 Å². The van der Waals surface area contributed by atoms with Crippen molar-refractivity contribution in [2.45, 2.75) is 45.1 Å². The predicted molar refractivity (Wildman–Crippen MR) is 60.6 cm³/mol. The molecule has 1 N–H and O–H groups in total. The molecule has 0 aromatic rings. The number of amides is 1. The fraction of sp³-hybridized carbons (Fsp3) is 0.917. The van der Waals surface area contributed by atoms with Crippen molar-refractivity contribution in [3.8, 4) is 0 Å². The van der Waals surface area contributed by atoms with Gasteiger partial charge in [0.1, 0.15) is 0 Å². The second-order valence-corrected chi connectivity index (χ2v) is 5.01. The molecule has 0 saturated carbocycles. The number of carbonyl (C=O) groups is 1. The number of hydrogen-bond donors (Lipinski definition) is 1. The fourth-order valence-corrected chi connectivity index (χ4v) is 2.60. The zero-order valence-corrected chi connectivity index (χ0v) is 9.67. The molecule has 2 heterocycles. The number of rotatable bonds is 1. The maximum absolute atomic E-state index is 12.1. The van der Waals surface area contributed by atoms with Gasteiger partial charge in [0.25, 0.3) is 0 Å². The third kappa shape index (κ3) is 2.71. The van der Waals surface area contributed by atoms with Gasteiger partial charge in [0, 0.05) is 13.1 Å². The van der Waals surface area contributed by atoms with Gasteiger partial charge in [-0.2, -0.15) is 0 Å². The third-order valence-corrected chi connectivity index (χ3v) is 3.69. The molecule has 2 fully saturated rings. The lowest BCUT2D eigenvalue weighted by Gasteiger charge is -2.24. The van der Waals surface area contributed by atoms with Crippen LogP contribution < -0.4 is 5.32 Å². The van der Waals surface area contributed by atoms with E-state index in [0.717, 1.165) is 38.4 Å². The Hall–Kier alpha value is -0.570. The Morgan fingerprint density at radius 1 is 1.20 bits per heavy atom. The number of hydrogen-bond acceptors (Lipinski definition) is 2. The normalized spacial score (nSPS) is 32.7. The highest BCUT2D eigenvalue weighted by molar-refractivity contribution is 5.82. The summed E-state index contributed by atoms with van der Waals surface area (Å²) >= 11 is 0. The minimum Gasteiger partial charge on any atom is -0.341 e. The van der Waals surface area contributed by atoms with E-state index in [1.165, 1.54) is 19.3 Å². The lowest BCUT2D eigenvalue weighted by Crippen LogP contribution is -2.44. The summed E-state index contributed by atoms with van der Waals surface area (Å²) in [6, 6.07) is 0.124. The van der Waals surface area contributed by atoms with Crippen LogP contribution in [0.25, 0.3) is 0 Å². The first kappa shape index (κ1) is 10.9. The van der Waals surface area contributed by atoms with Gasteiger partial charge in [-0.25, -0.2) is 0 Å². The van der Waals surface area contributed by atoms with Crippen LogP contribution in [0.15, 0.2) is 0 Å². The lowest BCUT2D eigenvalue weighted by atomic mass is 10.0. The molecule has 1 amide bonds. The maximum Gasteiger partial charge on any atom is 0.239 e. The molecule has 0 bridgehead atoms. The third-order valence-electron chi connectivity index (χ3n) is 3.69. The van der Waals surface area contributed by atoms with Gasteiger partial charge in [0.15, 0.2) is 0 Å². The molecule has 0 radical (unpaired) electrons. The van der Waals surface area contributed by atoms with Gasteiger partial charge in [0.05, 0.1) is 6.04 Å². The number of nitrogens with one attached hydrogen (secondary N) is 1. The van der Waals surface area contributed by atoms with Crippen LogP contribution in [-0.4, -0.2) is 36.5 Å². The van der Waals surface area contributed by atoms with Crippen molar-refractivity contribution in [2.24, 2.45) is 5.92 Å². The second kappa shape index (κ2) is 4.97. The maximum atomic E-state index is 12.1. The molecule has 3 heteroatoms. The number of carbonyl (C=O) groups excluding carboxylic acids is 1. The van der Waals surface area contributed by atoms with E-state index in [9.17, 15) is 4.79 Å². The standard InChI is InChI=1S/C12H22N2O/c1-10-4-3-8-14(9-6-10)12(15)11-5-2-7-13-11/h10-11,13H,2-9H2,1H3/t10?,11-/m1/s1. The highest BCUT2D eigenvalue weighted by Gasteiger charge is 2.27. The molecular formula is C12H22N2O. The topological polar surface area (TPSA) is 32.3 Å². The van der Waals surface area contributed by atoms with Crippen LogP contribution in [-0.2, 0) is 4.79 Å². The van der Waals surface area contributed by atoms with Crippen LogP contribution in [0.1, 0.15) is 39.0 Å². The molecule has 15 heavy (non-hydrogen) atoms. The molecule has 2 saturated heterocycles. The highest BCUT2D eigenvalue weighted by Crippen LogP contribution is 2.18. The van der Waals surface area contributed by atoms with Crippen molar-refractivity contribution in [3.05, 3.63) is 0 Å². The largest absolute Gasteiger partial charge is 0.341 e. The molecule has 2 rings (SSSR count). The molecule has 86 valence electrons. The quantitative estimate of drug-likeness (QED) is 0.709. The van der Waals surface area contributed by atoms with Crippen LogP contribution in [0.5, 0.6) is 0 Å². The molecule has 2 aliphatic heterocycles. The summed E-state index contributed by atoms with van der Waals surface area (Å²) in [5.41, 5.74) is 0. The van der Waals surface area contributed by atoms with Gasteiger partial charge < -0.3 is 10.2 Å². The summed E-state index contributed by atoms with van der Waals surface area (Å²) in [6.07, 6.45) is 5.82. The van der Waals surface area contributed by atoms with E-state index in [0.29, 0.717) is 5.91 Å². The van der Waals surface area contributed by atoms with Crippen LogP contribution in [0, 0.1) is 5.92 Å². The van der Waals surface area contributed by atoms with Crippen molar-refractivity contribution >= 4 is 5.91 Å². The molecular weight excluding hydrogens is 188 g/mol. The van der Waals surface area contributed by atoms with Crippen molar-refractivity contribution in [1.82, 2.24) is 10.2 Å². The summed E-state index contributed by atoms with van der Waals surface area (Å²) in [5.74, 6) is 1.14. The van der Waals surface area contributed by atoms with Gasteiger partial charge in [-0.1, -0.05) is 6.92 Å². The molecule has 2 aliphatic rings. The van der Waals surface area contributed by atoms with Gasteiger partial charge in [-0.3, -0.25) is 4.79 Å². The van der Waals surface area contributed by atoms with Crippen molar-refractivity contribution in [2.75, 3.05) is 19.6 Å². The van der Waals surface area contributed by atoms with E-state index in [-0.39, 0.29) is 6.04 Å². The van der Waals surface area contributed by atoms with Crippen LogP contribution in [0.4, 0.5) is 0 Å². The summed E-state index contributed by atoms with van der Waals surface area (Å²) in [4.78, 5) is 14.2. The van der Waals surface area contributed by atoms with Gasteiger partial charge in [0.2, 0.25) is 5.91 Å². The minimum absolute atomic E-state index is 0.124. The second-order valence-electron chi connectivity index (χ2n) is 5.01. The summed E-state index contributed by atoms with van der Waals surface area (Å²) in [5, 5.41) is 3.29. The molecule has 0 aromatic carbocycles. The molecule has 0 aliphatic carbocycles. The smallest absolute Gasteiger partial charge is 0.239 e. The molecule has 2 atom stereocenters. The van der Waals surface area contributed by atoms with Gasteiger partial charge >= 0.3 is 0 Å². The average molecular weight is 210 g/mol. The Balaban J connectivity index is 1.88. The van der Waals surface area contributed by atoms with E-state index in [1.807, 2.05) is 0 Å². The Bertz CT molecular complexity index is 224. The summed E-state index contributed by atoms with van der Waals surface area (Å²) in [6.45, 7) is 5.25. The van der Waals surface area contributed by atoms with Crippen LogP contribution >= 0.6 is 0 Å². The summed E-state index contributed by atoms with van der Waals surface area (Å²) < 4.78 is 0. The zero-order valence-electron chi connectivity index (χ0n) is 9.67. The average Bonchev–Trinajstić information content (AvgIpc) is 2.67. The monoisotopic (exact) mass is 210 g/mol. The minimum atomic E-state index is 0.124. The fourth-order valence-electron chi connectivity index (χ4n) is 2.60. The lowest BCUT2D eigenvalue weighted by molar-refractivity contribution is -0.133. The van der Waals surface area contributed by atoms with Crippen LogP contribution in [0.2, 0.25) is 0 Å². The first-order chi connectivity index (χ1) is 7.27. The van der Waals surface area contributed by atoms with Gasteiger partial charge in [-0.05, 0) is 44.6 Å². The highest BCUT2D eigenvalue weighted by atomic mass is 16.2. The Kier molecular flexibility index (Phi) is 3.62. The Morgan fingerprint density at radius 2 is 2.07 bits per heavy atom. The summed E-state index contributed by atoms with van der Waals surface area (Å²) in [7, 11) is 0. The van der Waals surface area contributed by atoms with E-state index in [2.05, 4.69) is 17.1 Å². The van der Waals surface area contributed by atoms with E-state index >= 15 is 0 Å².